The molecule has 1 aliphatic rings. The number of rotatable bonds is 4. The fraction of sp³-hybridized carbons (Fsp3) is 0.364. The molecule has 142 valence electrons. The zero-order valence-electron chi connectivity index (χ0n) is 16.4. The van der Waals surface area contributed by atoms with Crippen LogP contribution in [0.1, 0.15) is 34.0 Å². The van der Waals surface area contributed by atoms with Gasteiger partial charge in [-0.3, -0.25) is 9.69 Å². The second-order valence-electron chi connectivity index (χ2n) is 7.04. The number of benzene rings is 2. The van der Waals surface area contributed by atoms with Gasteiger partial charge in [-0.2, -0.15) is 0 Å². The number of anilines is 1. The van der Waals surface area contributed by atoms with Crippen LogP contribution in [-0.4, -0.2) is 43.0 Å². The molecular formula is C22H26N2O3. The lowest BCUT2D eigenvalue weighted by atomic mass is 10.0. The predicted octanol–water partition coefficient (Wildman–Crippen LogP) is 3.33. The molecule has 0 radical (unpaired) electrons. The van der Waals surface area contributed by atoms with Gasteiger partial charge in [0.05, 0.1) is 18.7 Å². The van der Waals surface area contributed by atoms with Crippen molar-refractivity contribution in [1.82, 2.24) is 4.90 Å². The van der Waals surface area contributed by atoms with E-state index in [1.54, 1.807) is 12.1 Å². The minimum Gasteiger partial charge on any atom is -0.465 e. The highest BCUT2D eigenvalue weighted by Crippen LogP contribution is 2.26. The van der Waals surface area contributed by atoms with Crippen LogP contribution >= 0.6 is 0 Å². The number of carbonyl (C=O) groups excluding carboxylic acids is 2. The summed E-state index contributed by atoms with van der Waals surface area (Å²) in [7, 11) is 1.37. The van der Waals surface area contributed by atoms with Crippen molar-refractivity contribution in [1.29, 1.82) is 0 Å². The van der Waals surface area contributed by atoms with Crippen molar-refractivity contribution in [3.8, 4) is 0 Å². The van der Waals surface area contributed by atoms with Crippen molar-refractivity contribution in [2.75, 3.05) is 25.1 Å². The number of hydrogen-bond donors (Lipinski definition) is 0. The molecule has 1 atom stereocenters. The lowest BCUT2D eigenvalue weighted by Crippen LogP contribution is -2.55. The van der Waals surface area contributed by atoms with Gasteiger partial charge in [0.1, 0.15) is 0 Å². The highest BCUT2D eigenvalue weighted by atomic mass is 16.5. The molecule has 0 N–H and O–H groups in total. The van der Waals surface area contributed by atoms with Gasteiger partial charge in [0, 0.05) is 25.3 Å². The number of nitrogens with zero attached hydrogens (tertiary/aromatic N) is 2. The Morgan fingerprint density at radius 3 is 2.48 bits per heavy atom. The van der Waals surface area contributed by atoms with Gasteiger partial charge in [-0.1, -0.05) is 24.3 Å². The topological polar surface area (TPSA) is 49.9 Å². The van der Waals surface area contributed by atoms with Crippen LogP contribution in [0.15, 0.2) is 42.5 Å². The first-order valence-electron chi connectivity index (χ1n) is 9.21. The third kappa shape index (κ3) is 3.88. The molecule has 2 aromatic carbocycles. The Balaban J connectivity index is 1.71. The Bertz CT molecular complexity index is 845. The normalized spacial score (nSPS) is 17.9. The Morgan fingerprint density at radius 2 is 1.81 bits per heavy atom. The summed E-state index contributed by atoms with van der Waals surface area (Å²) in [5, 5.41) is 0. The molecule has 0 saturated carbocycles. The average Bonchev–Trinajstić information content (AvgIpc) is 2.68. The summed E-state index contributed by atoms with van der Waals surface area (Å²) in [5.74, 6) is -0.214. The van der Waals surface area contributed by atoms with Gasteiger partial charge in [0.15, 0.2) is 0 Å². The minimum absolute atomic E-state index is 0.126. The zero-order valence-corrected chi connectivity index (χ0v) is 16.4. The molecule has 0 aliphatic carbocycles. The van der Waals surface area contributed by atoms with Crippen molar-refractivity contribution in [2.45, 2.75) is 33.4 Å². The molecule has 27 heavy (non-hydrogen) atoms. The van der Waals surface area contributed by atoms with E-state index in [0.29, 0.717) is 18.7 Å². The van der Waals surface area contributed by atoms with Crippen molar-refractivity contribution >= 4 is 17.6 Å². The molecule has 5 nitrogen and oxygen atoms in total. The molecule has 0 spiro atoms. The summed E-state index contributed by atoms with van der Waals surface area (Å²) in [5.41, 5.74) is 4.97. The highest BCUT2D eigenvalue weighted by Gasteiger charge is 2.32. The first-order chi connectivity index (χ1) is 12.9. The van der Waals surface area contributed by atoms with Crippen LogP contribution < -0.4 is 4.90 Å². The van der Waals surface area contributed by atoms with E-state index in [4.69, 9.17) is 4.74 Å². The van der Waals surface area contributed by atoms with Gasteiger partial charge < -0.3 is 9.64 Å². The number of hydrogen-bond acceptors (Lipinski definition) is 4. The number of ether oxygens (including phenoxy) is 1. The summed E-state index contributed by atoms with van der Waals surface area (Å²) in [6.07, 6.45) is 0. The van der Waals surface area contributed by atoms with Crippen LogP contribution in [0.4, 0.5) is 5.69 Å². The van der Waals surface area contributed by atoms with Crippen LogP contribution in [0.3, 0.4) is 0 Å². The molecule has 1 unspecified atom stereocenters. The van der Waals surface area contributed by atoms with Gasteiger partial charge in [-0.25, -0.2) is 4.79 Å². The maximum atomic E-state index is 13.0. The van der Waals surface area contributed by atoms with E-state index in [-0.39, 0.29) is 17.9 Å². The van der Waals surface area contributed by atoms with Gasteiger partial charge >= 0.3 is 5.97 Å². The van der Waals surface area contributed by atoms with E-state index in [2.05, 4.69) is 24.8 Å². The average molecular weight is 366 g/mol. The third-order valence-electron chi connectivity index (χ3n) is 5.41. The van der Waals surface area contributed by atoms with Gasteiger partial charge in [0.2, 0.25) is 5.91 Å². The number of methoxy groups -OCH3 is 1. The molecule has 3 rings (SSSR count). The lowest BCUT2D eigenvalue weighted by Gasteiger charge is -2.39. The van der Waals surface area contributed by atoms with E-state index in [0.717, 1.165) is 23.4 Å². The van der Waals surface area contributed by atoms with E-state index >= 15 is 0 Å². The number of carbonyl (C=O) groups is 2. The maximum absolute atomic E-state index is 13.0. The standard InChI is InChI=1S/C22H26N2O3/c1-15-6-5-7-20(16(15)2)24-13-12-23(17(3)21(24)25)14-18-8-10-19(11-9-18)22(26)27-4/h5-11,17H,12-14H2,1-4H3. The summed E-state index contributed by atoms with van der Waals surface area (Å²) in [6, 6.07) is 13.3. The quantitative estimate of drug-likeness (QED) is 0.779. The van der Waals surface area contributed by atoms with Crippen molar-refractivity contribution < 1.29 is 14.3 Å². The van der Waals surface area contributed by atoms with Crippen molar-refractivity contribution in [3.63, 3.8) is 0 Å². The maximum Gasteiger partial charge on any atom is 0.337 e. The largest absolute Gasteiger partial charge is 0.465 e. The molecule has 1 amide bonds. The van der Waals surface area contributed by atoms with Gasteiger partial charge in [-0.15, -0.1) is 0 Å². The lowest BCUT2D eigenvalue weighted by molar-refractivity contribution is -0.125. The first-order valence-corrected chi connectivity index (χ1v) is 9.21. The number of esters is 1. The van der Waals surface area contributed by atoms with Crippen molar-refractivity contribution in [3.05, 3.63) is 64.7 Å². The molecule has 0 bridgehead atoms. The van der Waals surface area contributed by atoms with Crippen LogP contribution in [-0.2, 0) is 16.1 Å². The molecule has 1 saturated heterocycles. The molecule has 1 heterocycles. The molecular weight excluding hydrogens is 340 g/mol. The van der Waals surface area contributed by atoms with Gasteiger partial charge in [0.25, 0.3) is 0 Å². The summed E-state index contributed by atoms with van der Waals surface area (Å²) in [6.45, 7) is 8.25. The Labute approximate surface area is 160 Å². The Hall–Kier alpha value is -2.66. The predicted molar refractivity (Wildman–Crippen MR) is 106 cm³/mol. The smallest absolute Gasteiger partial charge is 0.337 e. The van der Waals surface area contributed by atoms with E-state index in [9.17, 15) is 9.59 Å². The SMILES string of the molecule is COC(=O)c1ccc(CN2CCN(c3cccc(C)c3C)C(=O)C2C)cc1. The Kier molecular flexibility index (Phi) is 5.61. The number of amides is 1. The van der Waals surface area contributed by atoms with Crippen molar-refractivity contribution in [2.24, 2.45) is 0 Å². The van der Waals surface area contributed by atoms with Crippen LogP contribution in [0.5, 0.6) is 0 Å². The fourth-order valence-electron chi connectivity index (χ4n) is 3.50. The molecule has 0 aromatic heterocycles. The van der Waals surface area contributed by atoms with E-state index < -0.39 is 0 Å². The first kappa shape index (κ1) is 19.1. The molecule has 1 aliphatic heterocycles. The summed E-state index contributed by atoms with van der Waals surface area (Å²) < 4.78 is 4.73. The molecule has 2 aromatic rings. The van der Waals surface area contributed by atoms with E-state index in [1.165, 1.54) is 12.7 Å². The highest BCUT2D eigenvalue weighted by molar-refractivity contribution is 5.98. The minimum atomic E-state index is -0.341. The number of piperazine rings is 1. The molecule has 5 heteroatoms. The second kappa shape index (κ2) is 7.92. The fourth-order valence-corrected chi connectivity index (χ4v) is 3.50. The van der Waals surface area contributed by atoms with E-state index in [1.807, 2.05) is 36.1 Å². The third-order valence-corrected chi connectivity index (χ3v) is 5.41. The Morgan fingerprint density at radius 1 is 1.11 bits per heavy atom. The van der Waals surface area contributed by atoms with Crippen LogP contribution in [0, 0.1) is 13.8 Å². The summed E-state index contributed by atoms with van der Waals surface area (Å²) >= 11 is 0. The number of aryl methyl sites for hydroxylation is 1. The van der Waals surface area contributed by atoms with Gasteiger partial charge in [-0.05, 0) is 55.7 Å². The summed E-state index contributed by atoms with van der Waals surface area (Å²) in [4.78, 5) is 28.6. The monoisotopic (exact) mass is 366 g/mol. The zero-order chi connectivity index (χ0) is 19.6. The van der Waals surface area contributed by atoms with Crippen LogP contribution in [0.2, 0.25) is 0 Å². The second-order valence-corrected chi connectivity index (χ2v) is 7.04. The molecule has 1 fully saturated rings. The van der Waals surface area contributed by atoms with Crippen LogP contribution in [0.25, 0.3) is 0 Å².